The van der Waals surface area contributed by atoms with Crippen molar-refractivity contribution < 1.29 is 37.1 Å². The number of fused-ring (bicyclic) bond motifs is 3. The van der Waals surface area contributed by atoms with Crippen LogP contribution in [0.25, 0.3) is 21.7 Å². The van der Waals surface area contributed by atoms with Gasteiger partial charge >= 0.3 is 6.09 Å². The number of carbonyl (C=O) groups is 4. The third-order valence-corrected chi connectivity index (χ3v) is 14.1. The van der Waals surface area contributed by atoms with Gasteiger partial charge in [-0.05, 0) is 81.7 Å². The summed E-state index contributed by atoms with van der Waals surface area (Å²) in [7, 11) is -2.04. The van der Waals surface area contributed by atoms with Gasteiger partial charge in [0.2, 0.25) is 27.7 Å². The number of aryl methyl sites for hydroxylation is 1. The molecule has 3 saturated carbocycles. The monoisotopic (exact) mass is 793 g/mol. The second-order valence-corrected chi connectivity index (χ2v) is 18.4. The Balaban J connectivity index is 1.10. The molecule has 5 atom stereocenters. The van der Waals surface area contributed by atoms with E-state index in [4.69, 9.17) is 19.4 Å². The normalized spacial score (nSPS) is 28.3. The number of aromatic nitrogens is 3. The van der Waals surface area contributed by atoms with Crippen LogP contribution in [0.3, 0.4) is 0 Å². The second-order valence-electron chi connectivity index (χ2n) is 15.5. The van der Waals surface area contributed by atoms with Crippen LogP contribution < -0.4 is 20.1 Å². The Hall–Kier alpha value is -4.51. The van der Waals surface area contributed by atoms with Crippen molar-refractivity contribution in [3.8, 4) is 16.5 Å². The molecule has 5 aliphatic rings. The van der Waals surface area contributed by atoms with Gasteiger partial charge in [0, 0.05) is 25.6 Å². The maximum atomic E-state index is 14.6. The topological polar surface area (TPSA) is 191 Å². The molecule has 3 N–H and O–H groups in total. The molecule has 3 aromatic rings. The van der Waals surface area contributed by atoms with Crippen molar-refractivity contribution in [2.45, 2.75) is 119 Å². The Labute approximate surface area is 323 Å². The maximum Gasteiger partial charge on any atom is 0.408 e. The third kappa shape index (κ3) is 7.95. The van der Waals surface area contributed by atoms with E-state index in [0.717, 1.165) is 43.4 Å². The van der Waals surface area contributed by atoms with Gasteiger partial charge < -0.3 is 29.6 Å². The zero-order valence-corrected chi connectivity index (χ0v) is 32.4. The standard InChI is InChI=1S/C38H47N7O8S2/c1-44-18-17-27-32(44)41-34(31(39-27)30-14-9-19-54-30)52-25-20-29-33(46)42-38(36(48)43-55(50,51)26-15-16-26)21-23(38)10-5-3-2-4-6-13-28(35(47)45(29)22-25)40-37(49)53-24-11-7-8-12-24/h5,9-10,14,17-19,23-26,28-29H,2-4,6-8,11-13,15-16,20-22H2,1H3,(H,40,49)(H,42,46)(H,43,48)/b10-5+/t23?,25-,28-,29+,38-/m1/s1. The molecule has 1 saturated heterocycles. The van der Waals surface area contributed by atoms with Crippen molar-refractivity contribution in [2.24, 2.45) is 13.0 Å². The smallest absolute Gasteiger partial charge is 0.408 e. The first kappa shape index (κ1) is 37.4. The zero-order chi connectivity index (χ0) is 38.3. The number of thiophene rings is 1. The summed E-state index contributed by atoms with van der Waals surface area (Å²) in [5.74, 6) is -2.03. The summed E-state index contributed by atoms with van der Waals surface area (Å²) in [6.45, 7) is -0.0118. The number of nitrogens with one attached hydrogen (secondary N) is 3. The number of hydrogen-bond acceptors (Lipinski definition) is 11. The quantitative estimate of drug-likeness (QED) is 0.280. The van der Waals surface area contributed by atoms with Crippen LogP contribution >= 0.6 is 11.3 Å². The number of hydrogen-bond donors (Lipinski definition) is 3. The van der Waals surface area contributed by atoms with Crippen LogP contribution in [0, 0.1) is 5.92 Å². The molecular weight excluding hydrogens is 747 g/mol. The van der Waals surface area contributed by atoms with Crippen molar-refractivity contribution in [1.29, 1.82) is 0 Å². The van der Waals surface area contributed by atoms with Crippen molar-refractivity contribution in [3.05, 3.63) is 41.9 Å². The van der Waals surface area contributed by atoms with Gasteiger partial charge in [0.25, 0.3) is 5.91 Å². The highest BCUT2D eigenvalue weighted by Crippen LogP contribution is 2.46. The molecule has 2 aliphatic heterocycles. The molecule has 0 spiro atoms. The van der Waals surface area contributed by atoms with Gasteiger partial charge in [0.15, 0.2) is 5.65 Å². The average molecular weight is 794 g/mol. The highest BCUT2D eigenvalue weighted by molar-refractivity contribution is 7.91. The number of allylic oxidation sites excluding steroid dienone is 1. The molecule has 1 unspecified atom stereocenters. The number of carbonyl (C=O) groups excluding carboxylic acids is 4. The van der Waals surface area contributed by atoms with E-state index in [0.29, 0.717) is 49.0 Å². The van der Waals surface area contributed by atoms with Crippen LogP contribution in [-0.2, 0) is 36.2 Å². The third-order valence-electron chi connectivity index (χ3n) is 11.4. The van der Waals surface area contributed by atoms with Crippen LogP contribution in [0.5, 0.6) is 5.88 Å². The lowest BCUT2D eigenvalue weighted by Crippen LogP contribution is -2.58. The molecule has 8 rings (SSSR count). The van der Waals surface area contributed by atoms with Crippen LogP contribution in [0.15, 0.2) is 41.9 Å². The zero-order valence-electron chi connectivity index (χ0n) is 30.8. The predicted molar refractivity (Wildman–Crippen MR) is 203 cm³/mol. The lowest BCUT2D eigenvalue weighted by molar-refractivity contribution is -0.141. The Bertz CT molecular complexity index is 2090. The molecule has 4 fully saturated rings. The van der Waals surface area contributed by atoms with Crippen molar-refractivity contribution in [1.82, 2.24) is 34.8 Å². The van der Waals surface area contributed by atoms with E-state index in [2.05, 4.69) is 15.4 Å². The average Bonchev–Trinajstić information content (AvgIpc) is 3.78. The second kappa shape index (κ2) is 15.2. The molecule has 3 aromatic heterocycles. The molecule has 294 valence electrons. The predicted octanol–water partition coefficient (Wildman–Crippen LogP) is 4.09. The maximum absolute atomic E-state index is 14.6. The van der Waals surface area contributed by atoms with E-state index in [9.17, 15) is 27.6 Å². The van der Waals surface area contributed by atoms with E-state index in [-0.39, 0.29) is 31.4 Å². The van der Waals surface area contributed by atoms with Gasteiger partial charge in [0.05, 0.1) is 16.7 Å². The van der Waals surface area contributed by atoms with Gasteiger partial charge in [0.1, 0.15) is 41.0 Å². The van der Waals surface area contributed by atoms with Crippen molar-refractivity contribution in [2.75, 3.05) is 6.54 Å². The van der Waals surface area contributed by atoms with Gasteiger partial charge in [-0.1, -0.05) is 31.1 Å². The Morgan fingerprint density at radius 2 is 1.82 bits per heavy atom. The van der Waals surface area contributed by atoms with E-state index >= 15 is 0 Å². The molecule has 3 aliphatic carbocycles. The van der Waals surface area contributed by atoms with E-state index < -0.39 is 68.7 Å². The van der Waals surface area contributed by atoms with E-state index in [1.807, 2.05) is 53.5 Å². The molecule has 0 radical (unpaired) electrons. The Morgan fingerprint density at radius 1 is 1.02 bits per heavy atom. The van der Waals surface area contributed by atoms with Gasteiger partial charge in [-0.15, -0.1) is 11.3 Å². The number of amides is 4. The summed E-state index contributed by atoms with van der Waals surface area (Å²) in [4.78, 5) is 68.0. The van der Waals surface area contributed by atoms with Crippen LogP contribution in [0.1, 0.15) is 83.5 Å². The van der Waals surface area contributed by atoms with Gasteiger partial charge in [-0.3, -0.25) is 19.1 Å². The largest absolute Gasteiger partial charge is 0.471 e. The summed E-state index contributed by atoms with van der Waals surface area (Å²) in [5, 5.41) is 7.03. The fraction of sp³-hybridized carbons (Fsp3) is 0.579. The Morgan fingerprint density at radius 3 is 2.58 bits per heavy atom. The van der Waals surface area contributed by atoms with Gasteiger partial charge in [-0.25, -0.2) is 18.2 Å². The van der Waals surface area contributed by atoms with Crippen LogP contribution in [0.4, 0.5) is 4.79 Å². The number of nitrogens with zero attached hydrogens (tertiary/aromatic N) is 4. The SMILES string of the molecule is Cn1ccc2nc(-c3cccs3)c(O[C@@H]3C[C@H]4C(=O)N[C@]5(C(=O)NS(=O)(=O)C6CC6)CC5/C=C/CCCCC[C@@H](NC(=O)OC5CCCC5)C(=O)N4C3)nc21. The van der Waals surface area contributed by atoms with Crippen molar-refractivity contribution in [3.63, 3.8) is 0 Å². The molecule has 0 aromatic carbocycles. The lowest BCUT2D eigenvalue weighted by Gasteiger charge is -2.30. The van der Waals surface area contributed by atoms with Crippen molar-refractivity contribution >= 4 is 56.3 Å². The first-order valence-electron chi connectivity index (χ1n) is 19.4. The number of rotatable bonds is 8. The molecule has 17 heteroatoms. The number of ether oxygens (including phenoxy) is 2. The lowest BCUT2D eigenvalue weighted by atomic mass is 10.0. The minimum atomic E-state index is -3.89. The highest BCUT2D eigenvalue weighted by Gasteiger charge is 2.62. The minimum Gasteiger partial charge on any atom is -0.471 e. The molecule has 0 bridgehead atoms. The summed E-state index contributed by atoms with van der Waals surface area (Å²) in [5.41, 5.74) is 0.319. The molecule has 5 heterocycles. The first-order chi connectivity index (χ1) is 26.5. The summed E-state index contributed by atoms with van der Waals surface area (Å²) in [6.07, 6.45) is 12.1. The summed E-state index contributed by atoms with van der Waals surface area (Å²) >= 11 is 1.48. The first-order valence-corrected chi connectivity index (χ1v) is 21.8. The van der Waals surface area contributed by atoms with E-state index in [1.54, 1.807) is 0 Å². The fourth-order valence-electron chi connectivity index (χ4n) is 8.04. The van der Waals surface area contributed by atoms with Crippen LogP contribution in [0.2, 0.25) is 0 Å². The van der Waals surface area contributed by atoms with Gasteiger partial charge in [-0.2, -0.15) is 4.98 Å². The molecule has 15 nitrogen and oxygen atoms in total. The summed E-state index contributed by atoms with van der Waals surface area (Å²) < 4.78 is 42.1. The molecular formula is C38H47N7O8S2. The minimum absolute atomic E-state index is 0.0118. The highest BCUT2D eigenvalue weighted by atomic mass is 32.2. The number of alkyl carbamates (subject to hydrolysis) is 1. The molecule has 4 amide bonds. The summed E-state index contributed by atoms with van der Waals surface area (Å²) in [6, 6.07) is 3.61. The Kier molecular flexibility index (Phi) is 10.3. The molecule has 55 heavy (non-hydrogen) atoms. The number of sulfonamides is 1. The fourth-order valence-corrected chi connectivity index (χ4v) is 10.1. The van der Waals surface area contributed by atoms with E-state index in [1.165, 1.54) is 16.2 Å². The van der Waals surface area contributed by atoms with Crippen LogP contribution in [-0.4, -0.2) is 93.3 Å².